The summed E-state index contributed by atoms with van der Waals surface area (Å²) in [5.41, 5.74) is 14.0. The molecule has 1 spiro atoms. The molecule has 2 aromatic rings. The highest BCUT2D eigenvalue weighted by Gasteiger charge is 2.53. The van der Waals surface area contributed by atoms with Crippen LogP contribution < -0.4 is 11.5 Å². The Hall–Kier alpha value is -2.70. The van der Waals surface area contributed by atoms with E-state index in [1.54, 1.807) is 0 Å². The standard InChI is InChI=1S/C34H48N2O4/c35-32(37)30-31(33(36)38)40-34(39-30)22-16-8-6-4-2-1-3-5-7-15-21-28(25-34)29(23-26-17-11-9-12-18-26)24-27-19-13-10-14-20-27/h9-14,17-20,28-31H,1-8,15-16,21-25H2,(H2,35,37)(H2,36,38)/t28-,30-,31-/m1/s1. The molecular weight excluding hydrogens is 500 g/mol. The minimum absolute atomic E-state index is 0.269. The lowest BCUT2D eigenvalue weighted by atomic mass is 9.75. The number of carbonyl (C=O) groups is 2. The second-order valence-corrected chi connectivity index (χ2v) is 12.0. The molecule has 2 fully saturated rings. The van der Waals surface area contributed by atoms with Crippen molar-refractivity contribution >= 4 is 11.8 Å². The minimum atomic E-state index is -1.15. The van der Waals surface area contributed by atoms with Gasteiger partial charge in [0.05, 0.1) is 0 Å². The van der Waals surface area contributed by atoms with Gasteiger partial charge in [-0.05, 0) is 48.6 Å². The number of carbonyl (C=O) groups excluding carboxylic acids is 2. The Bertz CT molecular complexity index is 981. The molecule has 1 saturated heterocycles. The van der Waals surface area contributed by atoms with Crippen molar-refractivity contribution in [2.24, 2.45) is 23.3 Å². The Morgan fingerprint density at radius 1 is 0.675 bits per heavy atom. The molecule has 1 heterocycles. The molecule has 6 nitrogen and oxygen atoms in total. The maximum absolute atomic E-state index is 12.3. The molecule has 0 radical (unpaired) electrons. The first-order chi connectivity index (χ1) is 19.5. The van der Waals surface area contributed by atoms with Gasteiger partial charge in [0.25, 0.3) is 0 Å². The van der Waals surface area contributed by atoms with Crippen LogP contribution in [0.3, 0.4) is 0 Å². The van der Waals surface area contributed by atoms with E-state index in [4.69, 9.17) is 20.9 Å². The summed E-state index contributed by atoms with van der Waals surface area (Å²) < 4.78 is 12.8. The van der Waals surface area contributed by atoms with Crippen LogP contribution in [0.15, 0.2) is 60.7 Å². The molecule has 40 heavy (non-hydrogen) atoms. The molecule has 0 bridgehead atoms. The molecule has 1 aliphatic heterocycles. The maximum Gasteiger partial charge on any atom is 0.249 e. The van der Waals surface area contributed by atoms with Crippen molar-refractivity contribution in [2.75, 3.05) is 0 Å². The van der Waals surface area contributed by atoms with Gasteiger partial charge in [-0.3, -0.25) is 9.59 Å². The molecule has 4 rings (SSSR count). The summed E-state index contributed by atoms with van der Waals surface area (Å²) in [6.07, 6.45) is 13.8. The van der Waals surface area contributed by atoms with Gasteiger partial charge in [-0.2, -0.15) is 0 Å². The second kappa shape index (κ2) is 15.3. The van der Waals surface area contributed by atoms with Crippen LogP contribution in [0.2, 0.25) is 0 Å². The SMILES string of the molecule is NC(=O)[C@@H]1OC2(CCCCCCCCCCCC[C@@H](C(Cc3ccccc3)Cc3ccccc3)C2)O[C@H]1C(N)=O. The third-order valence-corrected chi connectivity index (χ3v) is 8.82. The number of hydrogen-bond acceptors (Lipinski definition) is 4. The van der Waals surface area contributed by atoms with Crippen molar-refractivity contribution in [2.45, 2.75) is 114 Å². The Balaban J connectivity index is 1.66. The van der Waals surface area contributed by atoms with Gasteiger partial charge in [0.1, 0.15) is 0 Å². The van der Waals surface area contributed by atoms with E-state index in [9.17, 15) is 9.59 Å². The first kappa shape index (κ1) is 30.3. The normalized spacial score (nSPS) is 24.8. The van der Waals surface area contributed by atoms with Crippen LogP contribution in [0.25, 0.3) is 0 Å². The van der Waals surface area contributed by atoms with Gasteiger partial charge in [-0.15, -0.1) is 0 Å². The average molecular weight is 549 g/mol. The van der Waals surface area contributed by atoms with Crippen LogP contribution in [0.4, 0.5) is 0 Å². The van der Waals surface area contributed by atoms with E-state index in [2.05, 4.69) is 60.7 Å². The molecule has 6 heteroatoms. The summed E-state index contributed by atoms with van der Waals surface area (Å²) in [5.74, 6) is -1.83. The predicted molar refractivity (Wildman–Crippen MR) is 158 cm³/mol. The van der Waals surface area contributed by atoms with Gasteiger partial charge in [0.2, 0.25) is 11.8 Å². The van der Waals surface area contributed by atoms with Gasteiger partial charge in [-0.25, -0.2) is 0 Å². The van der Waals surface area contributed by atoms with E-state index < -0.39 is 29.8 Å². The Kier molecular flexibility index (Phi) is 11.6. The molecule has 2 aliphatic rings. The minimum Gasteiger partial charge on any atom is -0.367 e. The maximum atomic E-state index is 12.3. The van der Waals surface area contributed by atoms with E-state index in [0.29, 0.717) is 18.8 Å². The van der Waals surface area contributed by atoms with Crippen molar-refractivity contribution < 1.29 is 19.1 Å². The van der Waals surface area contributed by atoms with Crippen LogP contribution in [-0.4, -0.2) is 29.8 Å². The highest BCUT2D eigenvalue weighted by molar-refractivity contribution is 5.90. The second-order valence-electron chi connectivity index (χ2n) is 12.0. The molecule has 0 aromatic heterocycles. The van der Waals surface area contributed by atoms with Crippen LogP contribution in [0.5, 0.6) is 0 Å². The zero-order valence-electron chi connectivity index (χ0n) is 24.0. The molecule has 1 aliphatic carbocycles. The lowest BCUT2D eigenvalue weighted by molar-refractivity contribution is -0.197. The number of nitrogens with two attached hydrogens (primary N) is 2. The lowest BCUT2D eigenvalue weighted by Crippen LogP contribution is -2.44. The number of hydrogen-bond donors (Lipinski definition) is 2. The van der Waals surface area contributed by atoms with Gasteiger partial charge in [0.15, 0.2) is 18.0 Å². The van der Waals surface area contributed by atoms with Crippen LogP contribution >= 0.6 is 0 Å². The third kappa shape index (κ3) is 8.90. The highest BCUT2D eigenvalue weighted by atomic mass is 16.8. The quantitative estimate of drug-likeness (QED) is 0.427. The summed E-state index contributed by atoms with van der Waals surface area (Å²) in [4.78, 5) is 24.7. The Morgan fingerprint density at radius 2 is 1.10 bits per heavy atom. The smallest absolute Gasteiger partial charge is 0.249 e. The summed E-state index contributed by atoms with van der Waals surface area (Å²) in [6.45, 7) is 0. The molecule has 4 N–H and O–H groups in total. The van der Waals surface area contributed by atoms with Crippen LogP contribution in [0.1, 0.15) is 94.6 Å². The van der Waals surface area contributed by atoms with Gasteiger partial charge in [-0.1, -0.05) is 118 Å². The molecule has 1 saturated carbocycles. The Labute approximate surface area is 240 Å². The summed E-state index contributed by atoms with van der Waals surface area (Å²) >= 11 is 0. The van der Waals surface area contributed by atoms with E-state index in [0.717, 1.165) is 38.5 Å². The lowest BCUT2D eigenvalue weighted by Gasteiger charge is -2.36. The highest BCUT2D eigenvalue weighted by Crippen LogP contribution is 2.43. The molecule has 218 valence electrons. The topological polar surface area (TPSA) is 105 Å². The number of rotatable bonds is 7. The van der Waals surface area contributed by atoms with Crippen LogP contribution in [0, 0.1) is 11.8 Å². The first-order valence-corrected chi connectivity index (χ1v) is 15.5. The summed E-state index contributed by atoms with van der Waals surface area (Å²) in [5, 5.41) is 0. The number of amides is 2. The van der Waals surface area contributed by atoms with E-state index in [1.165, 1.54) is 56.1 Å². The first-order valence-electron chi connectivity index (χ1n) is 15.5. The van der Waals surface area contributed by atoms with Crippen LogP contribution in [-0.2, 0) is 31.9 Å². The fraction of sp³-hybridized carbons (Fsp3) is 0.588. The predicted octanol–water partition coefficient (Wildman–Crippen LogP) is 6.24. The monoisotopic (exact) mass is 548 g/mol. The zero-order valence-corrected chi connectivity index (χ0v) is 24.0. The largest absolute Gasteiger partial charge is 0.367 e. The summed E-state index contributed by atoms with van der Waals surface area (Å²) in [7, 11) is 0. The number of ether oxygens (including phenoxy) is 2. The number of primary amides is 2. The molecule has 3 atom stereocenters. The van der Waals surface area contributed by atoms with E-state index in [-0.39, 0.29) is 5.92 Å². The van der Waals surface area contributed by atoms with Crippen molar-refractivity contribution in [1.82, 2.24) is 0 Å². The van der Waals surface area contributed by atoms with Gasteiger partial charge < -0.3 is 20.9 Å². The molecule has 2 amide bonds. The van der Waals surface area contributed by atoms with Gasteiger partial charge >= 0.3 is 0 Å². The molecular formula is C34H48N2O4. The van der Waals surface area contributed by atoms with Crippen molar-refractivity contribution in [3.05, 3.63) is 71.8 Å². The fourth-order valence-corrected chi connectivity index (χ4v) is 6.70. The van der Waals surface area contributed by atoms with Gasteiger partial charge in [0, 0.05) is 12.8 Å². The fourth-order valence-electron chi connectivity index (χ4n) is 6.70. The van der Waals surface area contributed by atoms with Crippen molar-refractivity contribution in [1.29, 1.82) is 0 Å². The van der Waals surface area contributed by atoms with E-state index in [1.807, 2.05) is 0 Å². The zero-order chi connectivity index (χ0) is 28.2. The molecule has 0 unspecified atom stereocenters. The average Bonchev–Trinajstić information content (AvgIpc) is 3.33. The molecule has 2 aromatic carbocycles. The third-order valence-electron chi connectivity index (χ3n) is 8.82. The summed E-state index contributed by atoms with van der Waals surface area (Å²) in [6, 6.07) is 21.3. The Morgan fingerprint density at radius 3 is 1.55 bits per heavy atom. The van der Waals surface area contributed by atoms with Crippen molar-refractivity contribution in [3.63, 3.8) is 0 Å². The van der Waals surface area contributed by atoms with E-state index >= 15 is 0 Å². The number of benzene rings is 2. The van der Waals surface area contributed by atoms with Crippen molar-refractivity contribution in [3.8, 4) is 0 Å².